The highest BCUT2D eigenvalue weighted by molar-refractivity contribution is 7.89. The number of primary sulfonamides is 1. The van der Waals surface area contributed by atoms with Crippen LogP contribution in [0.1, 0.15) is 10.4 Å². The molecule has 0 spiro atoms. The first-order chi connectivity index (χ1) is 9.79. The van der Waals surface area contributed by atoms with Gasteiger partial charge in [0.05, 0.1) is 11.5 Å². The number of carbonyl (C=O) groups excluding carboxylic acids is 1. The van der Waals surface area contributed by atoms with Crippen molar-refractivity contribution in [1.82, 2.24) is 4.90 Å². The second-order valence-corrected chi connectivity index (χ2v) is 5.81. The number of halogens is 1. The molecule has 1 amide bonds. The minimum absolute atomic E-state index is 0.100. The highest BCUT2D eigenvalue weighted by atomic mass is 32.2. The molecule has 1 aromatic rings. The number of ether oxygens (including phenoxy) is 1. The first-order valence-electron chi connectivity index (χ1n) is 6.02. The number of sulfonamides is 1. The number of hydrogen-bond acceptors (Lipinski definition) is 4. The van der Waals surface area contributed by atoms with E-state index >= 15 is 0 Å². The van der Waals surface area contributed by atoms with Crippen molar-refractivity contribution in [3.8, 4) is 0 Å². The van der Waals surface area contributed by atoms with Crippen molar-refractivity contribution in [1.29, 1.82) is 0 Å². The molecule has 1 rings (SSSR count). The van der Waals surface area contributed by atoms with Crippen molar-refractivity contribution in [3.05, 3.63) is 42.2 Å². The molecule has 0 bridgehead atoms. The predicted octanol–water partition coefficient (Wildman–Crippen LogP) is 0.748. The number of methoxy groups -OCH3 is 1. The predicted molar refractivity (Wildman–Crippen MR) is 75.7 cm³/mol. The lowest BCUT2D eigenvalue weighted by atomic mass is 10.2. The summed E-state index contributed by atoms with van der Waals surface area (Å²) in [5, 5.41) is 4.95. The van der Waals surface area contributed by atoms with Crippen LogP contribution in [0.25, 0.3) is 0 Å². The zero-order valence-electron chi connectivity index (χ0n) is 11.6. The molecule has 0 unspecified atom stereocenters. The normalized spacial score (nSPS) is 11.2. The fraction of sp³-hybridized carbons (Fsp3) is 0.308. The van der Waals surface area contributed by atoms with E-state index in [4.69, 9.17) is 9.88 Å². The Morgan fingerprint density at radius 1 is 1.48 bits per heavy atom. The summed E-state index contributed by atoms with van der Waals surface area (Å²) in [5.74, 6) is -1.38. The number of hydrogen-bond donors (Lipinski definition) is 1. The van der Waals surface area contributed by atoms with Gasteiger partial charge in [0.25, 0.3) is 5.91 Å². The second-order valence-electron chi connectivity index (χ2n) is 4.25. The van der Waals surface area contributed by atoms with Crippen LogP contribution < -0.4 is 5.14 Å². The zero-order valence-corrected chi connectivity index (χ0v) is 12.4. The Labute approximate surface area is 123 Å². The maximum Gasteiger partial charge on any atom is 0.254 e. The van der Waals surface area contributed by atoms with Gasteiger partial charge in [-0.25, -0.2) is 17.9 Å². The standard InChI is InChI=1S/C13H17FN2O4S/c1-3-4-16(5-6-20-2)13(17)10-7-11(14)9-12(8-10)21(15,18)19/h3,7-9H,1,4-6H2,2H3,(H2,15,18,19). The number of amides is 1. The van der Waals surface area contributed by atoms with Crippen LogP contribution in [0.15, 0.2) is 35.7 Å². The number of benzene rings is 1. The molecule has 2 N–H and O–H groups in total. The Bertz CT molecular complexity index is 631. The summed E-state index contributed by atoms with van der Waals surface area (Å²) in [6, 6.07) is 2.77. The van der Waals surface area contributed by atoms with E-state index in [1.54, 1.807) is 0 Å². The lowest BCUT2D eigenvalue weighted by Gasteiger charge is -2.21. The van der Waals surface area contributed by atoms with E-state index in [9.17, 15) is 17.6 Å². The van der Waals surface area contributed by atoms with Crippen molar-refractivity contribution in [3.63, 3.8) is 0 Å². The van der Waals surface area contributed by atoms with Crippen molar-refractivity contribution >= 4 is 15.9 Å². The lowest BCUT2D eigenvalue weighted by Crippen LogP contribution is -2.34. The van der Waals surface area contributed by atoms with Crippen LogP contribution >= 0.6 is 0 Å². The van der Waals surface area contributed by atoms with Gasteiger partial charge in [-0.1, -0.05) is 6.08 Å². The smallest absolute Gasteiger partial charge is 0.254 e. The molecule has 0 radical (unpaired) electrons. The molecule has 0 saturated carbocycles. The second kappa shape index (κ2) is 7.30. The van der Waals surface area contributed by atoms with Gasteiger partial charge in [-0.3, -0.25) is 4.79 Å². The fourth-order valence-electron chi connectivity index (χ4n) is 1.67. The Hall–Kier alpha value is -1.77. The fourth-order valence-corrected chi connectivity index (χ4v) is 2.23. The molecule has 0 aliphatic heterocycles. The summed E-state index contributed by atoms with van der Waals surface area (Å²) in [5.41, 5.74) is -0.100. The maximum absolute atomic E-state index is 13.5. The average molecular weight is 316 g/mol. The third-order valence-corrected chi connectivity index (χ3v) is 3.54. The Kier molecular flexibility index (Phi) is 6.01. The summed E-state index contributed by atoms with van der Waals surface area (Å²) in [6.07, 6.45) is 1.51. The monoisotopic (exact) mass is 316 g/mol. The van der Waals surface area contributed by atoms with Crippen molar-refractivity contribution < 1.29 is 22.3 Å². The summed E-state index contributed by atoms with van der Waals surface area (Å²) in [4.78, 5) is 13.2. The summed E-state index contributed by atoms with van der Waals surface area (Å²) < 4.78 is 40.9. The van der Waals surface area contributed by atoms with Crippen LogP contribution in [0.5, 0.6) is 0 Å². The van der Waals surface area contributed by atoms with Crippen LogP contribution in [0.2, 0.25) is 0 Å². The number of rotatable bonds is 7. The molecule has 0 atom stereocenters. The van der Waals surface area contributed by atoms with E-state index in [1.165, 1.54) is 18.1 Å². The van der Waals surface area contributed by atoms with Crippen molar-refractivity contribution in [2.45, 2.75) is 4.90 Å². The highest BCUT2D eigenvalue weighted by Crippen LogP contribution is 2.15. The molecule has 0 aliphatic carbocycles. The van der Waals surface area contributed by atoms with Crippen LogP contribution in [0, 0.1) is 5.82 Å². The number of nitrogens with zero attached hydrogens (tertiary/aromatic N) is 1. The first-order valence-corrected chi connectivity index (χ1v) is 7.56. The van der Waals surface area contributed by atoms with Gasteiger partial charge in [0.2, 0.25) is 10.0 Å². The van der Waals surface area contributed by atoms with Gasteiger partial charge < -0.3 is 9.64 Å². The third-order valence-electron chi connectivity index (χ3n) is 2.65. The number of carbonyl (C=O) groups is 1. The molecule has 6 nitrogen and oxygen atoms in total. The molecule has 0 fully saturated rings. The lowest BCUT2D eigenvalue weighted by molar-refractivity contribution is 0.0717. The number of nitrogens with two attached hydrogens (primary N) is 1. The van der Waals surface area contributed by atoms with Gasteiger partial charge in [-0.15, -0.1) is 6.58 Å². The highest BCUT2D eigenvalue weighted by Gasteiger charge is 2.19. The molecule has 1 aromatic carbocycles. The molecule has 0 saturated heterocycles. The van der Waals surface area contributed by atoms with Crippen molar-refractivity contribution in [2.75, 3.05) is 26.8 Å². The van der Waals surface area contributed by atoms with Crippen LogP contribution in [-0.4, -0.2) is 46.0 Å². The van der Waals surface area contributed by atoms with E-state index < -0.39 is 26.6 Å². The molecule has 8 heteroatoms. The van der Waals surface area contributed by atoms with E-state index in [-0.39, 0.29) is 25.3 Å². The van der Waals surface area contributed by atoms with Gasteiger partial charge in [0.15, 0.2) is 0 Å². The summed E-state index contributed by atoms with van der Waals surface area (Å²) in [7, 11) is -2.61. The summed E-state index contributed by atoms with van der Waals surface area (Å²) in [6.45, 7) is 4.32. The first kappa shape index (κ1) is 17.3. The molecule has 116 valence electrons. The minimum atomic E-state index is -4.09. The molecule has 0 aliphatic rings. The van der Waals surface area contributed by atoms with E-state index in [2.05, 4.69) is 6.58 Å². The zero-order chi connectivity index (χ0) is 16.0. The SMILES string of the molecule is C=CCN(CCOC)C(=O)c1cc(F)cc(S(N)(=O)=O)c1. The molecule has 21 heavy (non-hydrogen) atoms. The van der Waals surface area contributed by atoms with Gasteiger partial charge in [-0.2, -0.15) is 0 Å². The Balaban J connectivity index is 3.15. The van der Waals surface area contributed by atoms with Gasteiger partial charge >= 0.3 is 0 Å². The van der Waals surface area contributed by atoms with Crippen molar-refractivity contribution in [2.24, 2.45) is 5.14 Å². The summed E-state index contributed by atoms with van der Waals surface area (Å²) >= 11 is 0. The van der Waals surface area contributed by atoms with Crippen LogP contribution in [0.3, 0.4) is 0 Å². The van der Waals surface area contributed by atoms with Gasteiger partial charge in [0, 0.05) is 25.8 Å². The largest absolute Gasteiger partial charge is 0.383 e. The molecular formula is C13H17FN2O4S. The van der Waals surface area contributed by atoms with E-state index in [1.807, 2.05) is 0 Å². The van der Waals surface area contributed by atoms with Crippen LogP contribution in [0.4, 0.5) is 4.39 Å². The quantitative estimate of drug-likeness (QED) is 0.752. The molecule has 0 heterocycles. The van der Waals surface area contributed by atoms with E-state index in [0.29, 0.717) is 0 Å². The Morgan fingerprint density at radius 2 is 2.14 bits per heavy atom. The minimum Gasteiger partial charge on any atom is -0.383 e. The molecular weight excluding hydrogens is 299 g/mol. The maximum atomic E-state index is 13.5. The topological polar surface area (TPSA) is 89.7 Å². The van der Waals surface area contributed by atoms with E-state index in [0.717, 1.165) is 18.2 Å². The average Bonchev–Trinajstić information content (AvgIpc) is 2.41. The van der Waals surface area contributed by atoms with Gasteiger partial charge in [0.1, 0.15) is 5.82 Å². The third kappa shape index (κ3) is 4.92. The Morgan fingerprint density at radius 3 is 2.67 bits per heavy atom. The van der Waals surface area contributed by atoms with Crippen LogP contribution in [-0.2, 0) is 14.8 Å². The molecule has 0 aromatic heterocycles. The van der Waals surface area contributed by atoms with Gasteiger partial charge in [-0.05, 0) is 18.2 Å².